The molecule has 0 unspecified atom stereocenters. The molecule has 0 atom stereocenters. The van der Waals surface area contributed by atoms with E-state index in [9.17, 15) is 26.5 Å². The Bertz CT molecular complexity index is 525. The minimum absolute atomic E-state index is 0.0421. The van der Waals surface area contributed by atoms with Crippen molar-refractivity contribution in [3.8, 4) is 0 Å². The third-order valence-corrected chi connectivity index (χ3v) is 6.18. The van der Waals surface area contributed by atoms with Gasteiger partial charge in [0.2, 0.25) is 0 Å². The number of alkyl halides is 2. The van der Waals surface area contributed by atoms with E-state index in [0.717, 1.165) is 19.3 Å². The van der Waals surface area contributed by atoms with E-state index < -0.39 is 21.3 Å². The molecule has 4 aliphatic rings. The van der Waals surface area contributed by atoms with Crippen molar-refractivity contribution >= 4 is 16.0 Å². The van der Waals surface area contributed by atoms with E-state index in [4.69, 9.17) is 0 Å². The molecule has 0 aromatic carbocycles. The van der Waals surface area contributed by atoms with Gasteiger partial charge < -0.3 is 9.87 Å². The molecule has 0 spiro atoms. The van der Waals surface area contributed by atoms with E-state index in [1.165, 1.54) is 19.3 Å². The molecule has 0 heterocycles. The third kappa shape index (κ3) is 2.56. The quantitative estimate of drug-likeness (QED) is 0.794. The van der Waals surface area contributed by atoms with Gasteiger partial charge >= 0.3 is 11.2 Å². The normalized spacial score (nSPS) is 38.5. The van der Waals surface area contributed by atoms with Gasteiger partial charge in [0.1, 0.15) is 0 Å². The average molecular weight is 322 g/mol. The van der Waals surface area contributed by atoms with Crippen molar-refractivity contribution in [2.45, 2.75) is 43.8 Å². The number of hydrogen-bond donors (Lipinski definition) is 1. The number of halogens is 2. The average Bonchev–Trinajstić information content (AvgIpc) is 2.32. The molecule has 0 aromatic heterocycles. The van der Waals surface area contributed by atoms with Gasteiger partial charge in [-0.25, -0.2) is 8.42 Å². The van der Waals surface area contributed by atoms with Crippen LogP contribution < -0.4 is 5.32 Å². The largest absolute Gasteiger partial charge is 0.743 e. The molecule has 4 saturated carbocycles. The molecule has 5 nitrogen and oxygen atoms in total. The van der Waals surface area contributed by atoms with Crippen molar-refractivity contribution in [2.24, 2.45) is 23.2 Å². The molecular formula is C13H18F2NO4S-. The predicted molar refractivity (Wildman–Crippen MR) is 68.3 cm³/mol. The highest BCUT2D eigenvalue weighted by atomic mass is 32.2. The standard InChI is InChI=1S/C13H19F2NO4S/c14-13(15,21(18,19)20)11(17)16-7-12-4-8-1-9(5-12)3-10(2-8)6-12/h8-10H,1-7H2,(H,16,17)(H,18,19,20)/p-1. The monoisotopic (exact) mass is 322 g/mol. The number of hydrogen-bond acceptors (Lipinski definition) is 4. The summed E-state index contributed by atoms with van der Waals surface area (Å²) >= 11 is 0. The lowest BCUT2D eigenvalue weighted by Gasteiger charge is -2.56. The maximum atomic E-state index is 13.2. The molecule has 1 amide bonds. The highest BCUT2D eigenvalue weighted by Crippen LogP contribution is 2.59. The zero-order chi connectivity index (χ0) is 15.5. The van der Waals surface area contributed by atoms with Crippen molar-refractivity contribution in [1.29, 1.82) is 0 Å². The van der Waals surface area contributed by atoms with E-state index in [-0.39, 0.29) is 12.0 Å². The fraction of sp³-hybridized carbons (Fsp3) is 0.923. The van der Waals surface area contributed by atoms with Gasteiger partial charge in [0.25, 0.3) is 0 Å². The highest BCUT2D eigenvalue weighted by molar-refractivity contribution is 7.87. The van der Waals surface area contributed by atoms with Gasteiger partial charge in [-0.2, -0.15) is 8.78 Å². The summed E-state index contributed by atoms with van der Waals surface area (Å²) in [4.78, 5) is 11.4. The van der Waals surface area contributed by atoms with E-state index >= 15 is 0 Å². The van der Waals surface area contributed by atoms with Crippen LogP contribution in [0.25, 0.3) is 0 Å². The summed E-state index contributed by atoms with van der Waals surface area (Å²) in [7, 11) is -5.98. The van der Waals surface area contributed by atoms with Crippen LogP contribution in [0, 0.1) is 23.2 Å². The summed E-state index contributed by atoms with van der Waals surface area (Å²) in [5, 5.41) is -2.88. The van der Waals surface area contributed by atoms with Crippen LogP contribution in [0.5, 0.6) is 0 Å². The van der Waals surface area contributed by atoms with Crippen molar-refractivity contribution in [3.05, 3.63) is 0 Å². The topological polar surface area (TPSA) is 86.3 Å². The Kier molecular flexibility index (Phi) is 3.33. The van der Waals surface area contributed by atoms with Crippen LogP contribution in [-0.4, -0.2) is 30.7 Å². The molecule has 4 fully saturated rings. The third-order valence-electron chi connectivity index (χ3n) is 5.37. The highest BCUT2D eigenvalue weighted by Gasteiger charge is 2.52. The molecule has 0 radical (unpaired) electrons. The second kappa shape index (κ2) is 4.62. The summed E-state index contributed by atoms with van der Waals surface area (Å²) in [6.07, 6.45) is 6.23. The van der Waals surface area contributed by atoms with Gasteiger partial charge in [0, 0.05) is 6.54 Å². The van der Waals surface area contributed by atoms with E-state index in [1.54, 1.807) is 0 Å². The van der Waals surface area contributed by atoms with Crippen LogP contribution in [-0.2, 0) is 14.9 Å². The van der Waals surface area contributed by atoms with Crippen LogP contribution in [0.4, 0.5) is 8.78 Å². The van der Waals surface area contributed by atoms with Crippen LogP contribution in [0.1, 0.15) is 38.5 Å². The number of rotatable bonds is 4. The van der Waals surface area contributed by atoms with Gasteiger partial charge in [-0.1, -0.05) is 0 Å². The van der Waals surface area contributed by atoms with Crippen molar-refractivity contribution < 1.29 is 26.5 Å². The first-order chi connectivity index (χ1) is 9.61. The van der Waals surface area contributed by atoms with E-state index in [2.05, 4.69) is 0 Å². The number of amides is 1. The summed E-state index contributed by atoms with van der Waals surface area (Å²) in [6, 6.07) is 0. The molecule has 1 N–H and O–H groups in total. The molecule has 21 heavy (non-hydrogen) atoms. The lowest BCUT2D eigenvalue weighted by Crippen LogP contribution is -2.54. The maximum absolute atomic E-state index is 13.2. The molecule has 0 aliphatic heterocycles. The first kappa shape index (κ1) is 15.1. The smallest absolute Gasteiger partial charge is 0.410 e. The second-order valence-corrected chi connectivity index (χ2v) is 8.49. The summed E-state index contributed by atoms with van der Waals surface area (Å²) in [6.45, 7) is 0.0421. The number of nitrogens with one attached hydrogen (secondary N) is 1. The Hall–Kier alpha value is -0.760. The lowest BCUT2D eigenvalue weighted by molar-refractivity contribution is -0.138. The molecule has 4 aliphatic carbocycles. The molecule has 4 rings (SSSR count). The van der Waals surface area contributed by atoms with Crippen molar-refractivity contribution in [2.75, 3.05) is 6.54 Å². The Labute approximate surface area is 122 Å². The Morgan fingerprint density at radius 1 is 1.14 bits per heavy atom. The van der Waals surface area contributed by atoms with Crippen LogP contribution in [0.15, 0.2) is 0 Å². The van der Waals surface area contributed by atoms with Gasteiger partial charge in [-0.15, -0.1) is 0 Å². The van der Waals surface area contributed by atoms with Crippen LogP contribution in [0.3, 0.4) is 0 Å². The summed E-state index contributed by atoms with van der Waals surface area (Å²) in [5.41, 5.74) is -0.187. The molecule has 120 valence electrons. The van der Waals surface area contributed by atoms with Gasteiger partial charge in [0.15, 0.2) is 10.1 Å². The van der Waals surface area contributed by atoms with E-state index in [0.29, 0.717) is 17.8 Å². The Morgan fingerprint density at radius 2 is 1.57 bits per heavy atom. The molecule has 0 saturated heterocycles. The van der Waals surface area contributed by atoms with Crippen LogP contribution in [0.2, 0.25) is 0 Å². The predicted octanol–water partition coefficient (Wildman–Crippen LogP) is 1.46. The van der Waals surface area contributed by atoms with Crippen molar-refractivity contribution in [1.82, 2.24) is 5.32 Å². The van der Waals surface area contributed by atoms with Crippen molar-refractivity contribution in [3.63, 3.8) is 0 Å². The lowest BCUT2D eigenvalue weighted by atomic mass is 9.49. The number of carbonyl (C=O) groups is 1. The second-order valence-electron chi connectivity index (χ2n) is 7.07. The van der Waals surface area contributed by atoms with Crippen LogP contribution >= 0.6 is 0 Å². The molecule has 0 aromatic rings. The van der Waals surface area contributed by atoms with E-state index in [1.807, 2.05) is 5.32 Å². The first-order valence-electron chi connectivity index (χ1n) is 7.23. The Balaban J connectivity index is 1.67. The Morgan fingerprint density at radius 3 is 1.95 bits per heavy atom. The fourth-order valence-corrected chi connectivity index (χ4v) is 5.29. The summed E-state index contributed by atoms with van der Waals surface area (Å²) < 4.78 is 57.7. The molecule has 8 heteroatoms. The first-order valence-corrected chi connectivity index (χ1v) is 8.64. The zero-order valence-electron chi connectivity index (χ0n) is 11.5. The SMILES string of the molecule is O=C(NCC12CC3CC(CC(C3)C1)C2)C(F)(F)S(=O)(=O)[O-]. The number of carbonyl (C=O) groups excluding carboxylic acids is 1. The minimum atomic E-state index is -5.98. The van der Waals surface area contributed by atoms with Gasteiger partial charge in [-0.3, -0.25) is 4.79 Å². The maximum Gasteiger partial charge on any atom is 0.410 e. The van der Waals surface area contributed by atoms with Gasteiger partial charge in [-0.05, 0) is 61.7 Å². The molecule has 4 bridgehead atoms. The fourth-order valence-electron chi connectivity index (χ4n) is 4.99. The summed E-state index contributed by atoms with van der Waals surface area (Å²) in [5.74, 6) is -0.209. The van der Waals surface area contributed by atoms with Gasteiger partial charge in [0.05, 0.1) is 0 Å². The molecular weight excluding hydrogens is 304 g/mol. The minimum Gasteiger partial charge on any atom is -0.743 e. The zero-order valence-corrected chi connectivity index (χ0v) is 12.3.